The van der Waals surface area contributed by atoms with Crippen molar-refractivity contribution in [3.05, 3.63) is 0 Å². The van der Waals surface area contributed by atoms with Crippen molar-refractivity contribution >= 4 is 11.8 Å². The summed E-state index contributed by atoms with van der Waals surface area (Å²) in [6, 6.07) is 0. The Morgan fingerprint density at radius 1 is 1.14 bits per heavy atom. The standard InChI is InChI=1S/C12H27NS/c1-5-8-12(4,11-13-6-2)9-10-14-7-3/h13H,5-11H2,1-4H3. The Bertz CT molecular complexity index is 127. The Kier molecular flexibility index (Phi) is 8.80. The summed E-state index contributed by atoms with van der Waals surface area (Å²) >= 11 is 2.07. The molecule has 0 rings (SSSR count). The number of rotatable bonds is 9. The first-order chi connectivity index (χ1) is 6.68. The van der Waals surface area contributed by atoms with Crippen LogP contribution in [-0.4, -0.2) is 24.6 Å². The van der Waals surface area contributed by atoms with Crippen LogP contribution in [0.25, 0.3) is 0 Å². The van der Waals surface area contributed by atoms with Gasteiger partial charge in [0, 0.05) is 6.54 Å². The average Bonchev–Trinajstić information content (AvgIpc) is 2.16. The molecule has 0 fully saturated rings. The third-order valence-corrected chi connectivity index (χ3v) is 3.61. The summed E-state index contributed by atoms with van der Waals surface area (Å²) in [6.45, 7) is 11.4. The summed E-state index contributed by atoms with van der Waals surface area (Å²) < 4.78 is 0. The molecule has 2 heteroatoms. The lowest BCUT2D eigenvalue weighted by Gasteiger charge is -2.29. The van der Waals surface area contributed by atoms with Gasteiger partial charge >= 0.3 is 0 Å². The topological polar surface area (TPSA) is 12.0 Å². The molecule has 0 amide bonds. The molecule has 0 aromatic carbocycles. The van der Waals surface area contributed by atoms with Crippen molar-refractivity contribution in [2.24, 2.45) is 5.41 Å². The first-order valence-corrected chi connectivity index (χ1v) is 7.12. The number of nitrogens with one attached hydrogen (secondary N) is 1. The van der Waals surface area contributed by atoms with E-state index in [0.717, 1.165) is 6.54 Å². The summed E-state index contributed by atoms with van der Waals surface area (Å²) in [4.78, 5) is 0. The molecule has 0 aromatic heterocycles. The predicted molar refractivity (Wildman–Crippen MR) is 69.2 cm³/mol. The highest BCUT2D eigenvalue weighted by atomic mass is 32.2. The lowest BCUT2D eigenvalue weighted by molar-refractivity contribution is 0.271. The molecule has 86 valence electrons. The maximum Gasteiger partial charge on any atom is 0.000534 e. The molecule has 0 aliphatic carbocycles. The number of thioether (sulfide) groups is 1. The molecule has 0 aliphatic heterocycles. The smallest absolute Gasteiger partial charge is 0.000534 e. The molecule has 0 bridgehead atoms. The second kappa shape index (κ2) is 8.60. The Balaban J connectivity index is 3.82. The Morgan fingerprint density at radius 3 is 2.36 bits per heavy atom. The van der Waals surface area contributed by atoms with Crippen molar-refractivity contribution < 1.29 is 0 Å². The molecule has 0 saturated carbocycles. The fourth-order valence-corrected chi connectivity index (χ4v) is 2.72. The van der Waals surface area contributed by atoms with Crippen LogP contribution in [0.4, 0.5) is 0 Å². The summed E-state index contributed by atoms with van der Waals surface area (Å²) in [5.74, 6) is 2.57. The van der Waals surface area contributed by atoms with Gasteiger partial charge in [0.05, 0.1) is 0 Å². The number of hydrogen-bond acceptors (Lipinski definition) is 2. The van der Waals surface area contributed by atoms with E-state index < -0.39 is 0 Å². The molecule has 0 radical (unpaired) electrons. The highest BCUT2D eigenvalue weighted by molar-refractivity contribution is 7.99. The quantitative estimate of drug-likeness (QED) is 0.593. The maximum absolute atomic E-state index is 3.49. The van der Waals surface area contributed by atoms with E-state index in [1.165, 1.54) is 37.3 Å². The van der Waals surface area contributed by atoms with Crippen LogP contribution in [0.2, 0.25) is 0 Å². The van der Waals surface area contributed by atoms with Crippen molar-refractivity contribution in [3.8, 4) is 0 Å². The summed E-state index contributed by atoms with van der Waals surface area (Å²) in [5, 5.41) is 3.49. The van der Waals surface area contributed by atoms with E-state index in [2.05, 4.69) is 44.8 Å². The molecule has 0 aliphatic rings. The van der Waals surface area contributed by atoms with Gasteiger partial charge in [-0.25, -0.2) is 0 Å². The van der Waals surface area contributed by atoms with Crippen molar-refractivity contribution in [2.45, 2.75) is 47.0 Å². The van der Waals surface area contributed by atoms with Crippen LogP contribution in [0, 0.1) is 5.41 Å². The lowest BCUT2D eigenvalue weighted by Crippen LogP contribution is -2.32. The fraction of sp³-hybridized carbons (Fsp3) is 1.00. The third kappa shape index (κ3) is 6.72. The van der Waals surface area contributed by atoms with Crippen molar-refractivity contribution in [3.63, 3.8) is 0 Å². The highest BCUT2D eigenvalue weighted by Crippen LogP contribution is 2.28. The van der Waals surface area contributed by atoms with Gasteiger partial charge < -0.3 is 5.32 Å². The van der Waals surface area contributed by atoms with Gasteiger partial charge in [0.25, 0.3) is 0 Å². The van der Waals surface area contributed by atoms with Gasteiger partial charge in [-0.15, -0.1) is 0 Å². The minimum absolute atomic E-state index is 0.521. The highest BCUT2D eigenvalue weighted by Gasteiger charge is 2.21. The first kappa shape index (κ1) is 14.3. The van der Waals surface area contributed by atoms with Crippen molar-refractivity contribution in [1.82, 2.24) is 5.32 Å². The summed E-state index contributed by atoms with van der Waals surface area (Å²) in [6.07, 6.45) is 4.01. The first-order valence-electron chi connectivity index (χ1n) is 5.97. The molecule has 14 heavy (non-hydrogen) atoms. The molecule has 1 N–H and O–H groups in total. The molecule has 1 atom stereocenters. The zero-order chi connectivity index (χ0) is 10.9. The van der Waals surface area contributed by atoms with Gasteiger partial charge in [0.15, 0.2) is 0 Å². The monoisotopic (exact) mass is 217 g/mol. The van der Waals surface area contributed by atoms with E-state index in [0.29, 0.717) is 5.41 Å². The van der Waals surface area contributed by atoms with E-state index in [1.54, 1.807) is 0 Å². The average molecular weight is 217 g/mol. The minimum Gasteiger partial charge on any atom is -0.316 e. The second-order valence-electron chi connectivity index (χ2n) is 4.29. The van der Waals surface area contributed by atoms with E-state index in [-0.39, 0.29) is 0 Å². The normalized spacial score (nSPS) is 15.4. The predicted octanol–water partition coefficient (Wildman–Crippen LogP) is 3.55. The summed E-state index contributed by atoms with van der Waals surface area (Å²) in [5.41, 5.74) is 0.521. The largest absolute Gasteiger partial charge is 0.316 e. The summed E-state index contributed by atoms with van der Waals surface area (Å²) in [7, 11) is 0. The van der Waals surface area contributed by atoms with Crippen molar-refractivity contribution in [2.75, 3.05) is 24.6 Å². The molecular formula is C12H27NS. The zero-order valence-corrected chi connectivity index (χ0v) is 11.2. The Morgan fingerprint density at radius 2 is 1.86 bits per heavy atom. The van der Waals surface area contributed by atoms with E-state index in [1.807, 2.05) is 0 Å². The van der Waals surface area contributed by atoms with Crippen molar-refractivity contribution in [1.29, 1.82) is 0 Å². The Labute approximate surface area is 94.4 Å². The zero-order valence-electron chi connectivity index (χ0n) is 10.4. The van der Waals surface area contributed by atoms with E-state index in [9.17, 15) is 0 Å². The maximum atomic E-state index is 3.49. The Hall–Kier alpha value is 0.310. The molecule has 1 nitrogen and oxygen atoms in total. The van der Waals surface area contributed by atoms with Crippen LogP contribution in [0.3, 0.4) is 0 Å². The van der Waals surface area contributed by atoms with Crippen LogP contribution < -0.4 is 5.32 Å². The molecule has 1 unspecified atom stereocenters. The molecule has 0 spiro atoms. The van der Waals surface area contributed by atoms with Crippen LogP contribution in [0.5, 0.6) is 0 Å². The van der Waals surface area contributed by atoms with E-state index >= 15 is 0 Å². The minimum atomic E-state index is 0.521. The molecule has 0 aromatic rings. The van der Waals surface area contributed by atoms with Gasteiger partial charge in [0.1, 0.15) is 0 Å². The lowest BCUT2D eigenvalue weighted by atomic mass is 9.83. The van der Waals surface area contributed by atoms with Gasteiger partial charge in [-0.05, 0) is 36.3 Å². The van der Waals surface area contributed by atoms with Crippen LogP contribution in [-0.2, 0) is 0 Å². The van der Waals surface area contributed by atoms with Gasteiger partial charge in [-0.2, -0.15) is 11.8 Å². The third-order valence-electron chi connectivity index (χ3n) is 2.71. The van der Waals surface area contributed by atoms with Gasteiger partial charge in [0.2, 0.25) is 0 Å². The van der Waals surface area contributed by atoms with Gasteiger partial charge in [-0.1, -0.05) is 34.1 Å². The number of hydrogen-bond donors (Lipinski definition) is 1. The molecule has 0 heterocycles. The van der Waals surface area contributed by atoms with E-state index in [4.69, 9.17) is 0 Å². The van der Waals surface area contributed by atoms with Crippen LogP contribution in [0.1, 0.15) is 47.0 Å². The molecular weight excluding hydrogens is 190 g/mol. The fourth-order valence-electron chi connectivity index (χ4n) is 1.80. The van der Waals surface area contributed by atoms with Crippen LogP contribution >= 0.6 is 11.8 Å². The van der Waals surface area contributed by atoms with Crippen LogP contribution in [0.15, 0.2) is 0 Å². The van der Waals surface area contributed by atoms with Gasteiger partial charge in [-0.3, -0.25) is 0 Å². The molecule has 0 saturated heterocycles. The SMILES string of the molecule is CCCC(C)(CCSCC)CNCC. The second-order valence-corrected chi connectivity index (χ2v) is 5.68.